The summed E-state index contributed by atoms with van der Waals surface area (Å²) in [6.07, 6.45) is 4.44. The largest absolute Gasteiger partial charge is 0.383 e. The molecule has 0 amide bonds. The van der Waals surface area contributed by atoms with Crippen LogP contribution in [0.5, 0.6) is 0 Å². The number of hydrogen-bond donors (Lipinski definition) is 2. The Hall–Kier alpha value is -2.69. The maximum absolute atomic E-state index is 11.9. The molecule has 4 aromatic rings. The number of aromatic nitrogens is 5. The monoisotopic (exact) mass is 420 g/mol. The number of aromatic amines is 1. The highest BCUT2D eigenvalue weighted by Gasteiger charge is 2.16. The Bertz CT molecular complexity index is 1280. The van der Waals surface area contributed by atoms with Crippen molar-refractivity contribution in [1.82, 2.24) is 25.0 Å². The number of hydrogen-bond acceptors (Lipinski definition) is 7. The first-order valence-electron chi connectivity index (χ1n) is 8.32. The van der Waals surface area contributed by atoms with Gasteiger partial charge in [-0.15, -0.1) is 0 Å². The molecule has 11 heteroatoms. The molecule has 0 fully saturated rings. The fourth-order valence-corrected chi connectivity index (χ4v) is 3.78. The Morgan fingerprint density at radius 1 is 1.29 bits per heavy atom. The molecular weight excluding hydrogens is 404 g/mol. The predicted molar refractivity (Wildman–Crippen MR) is 107 cm³/mol. The van der Waals surface area contributed by atoms with E-state index < -0.39 is 9.84 Å². The summed E-state index contributed by atoms with van der Waals surface area (Å²) in [5.41, 5.74) is 1.78. The SMILES string of the molecule is COCCn1ncc(Nc2nc3cc(S(C)(=O)=O)ccc3c3cn[nH]c23)c1Cl. The minimum absolute atomic E-state index is 0.201. The lowest BCUT2D eigenvalue weighted by Crippen LogP contribution is -2.05. The van der Waals surface area contributed by atoms with Crippen molar-refractivity contribution >= 4 is 54.7 Å². The van der Waals surface area contributed by atoms with Gasteiger partial charge in [0.25, 0.3) is 0 Å². The van der Waals surface area contributed by atoms with Gasteiger partial charge in [-0.2, -0.15) is 10.2 Å². The second-order valence-electron chi connectivity index (χ2n) is 6.26. The van der Waals surface area contributed by atoms with Crippen molar-refractivity contribution in [3.05, 3.63) is 35.7 Å². The van der Waals surface area contributed by atoms with Crippen molar-refractivity contribution in [2.24, 2.45) is 0 Å². The molecule has 2 N–H and O–H groups in total. The Morgan fingerprint density at radius 3 is 2.86 bits per heavy atom. The van der Waals surface area contributed by atoms with Crippen LogP contribution < -0.4 is 5.32 Å². The van der Waals surface area contributed by atoms with Crippen LogP contribution >= 0.6 is 11.6 Å². The zero-order chi connectivity index (χ0) is 19.9. The van der Waals surface area contributed by atoms with Crippen LogP contribution in [0.1, 0.15) is 0 Å². The summed E-state index contributed by atoms with van der Waals surface area (Å²) in [5.74, 6) is 0.471. The summed E-state index contributed by atoms with van der Waals surface area (Å²) in [6.45, 7) is 0.994. The summed E-state index contributed by atoms with van der Waals surface area (Å²) in [6, 6.07) is 4.84. The zero-order valence-corrected chi connectivity index (χ0v) is 16.7. The van der Waals surface area contributed by atoms with E-state index in [0.717, 1.165) is 17.0 Å². The molecule has 3 heterocycles. The van der Waals surface area contributed by atoms with E-state index in [4.69, 9.17) is 16.3 Å². The van der Waals surface area contributed by atoms with Gasteiger partial charge in [0.05, 0.1) is 41.6 Å². The van der Waals surface area contributed by atoms with Gasteiger partial charge in [0, 0.05) is 24.1 Å². The van der Waals surface area contributed by atoms with E-state index in [1.165, 1.54) is 0 Å². The van der Waals surface area contributed by atoms with Crippen molar-refractivity contribution in [1.29, 1.82) is 0 Å². The first kappa shape index (κ1) is 18.7. The highest BCUT2D eigenvalue weighted by atomic mass is 35.5. The second kappa shape index (κ2) is 7.04. The van der Waals surface area contributed by atoms with Crippen LogP contribution in [0, 0.1) is 0 Å². The quantitative estimate of drug-likeness (QED) is 0.492. The number of rotatable bonds is 6. The number of nitrogens with one attached hydrogen (secondary N) is 2. The normalized spacial score (nSPS) is 12.1. The van der Waals surface area contributed by atoms with Crippen LogP contribution in [0.2, 0.25) is 5.15 Å². The van der Waals surface area contributed by atoms with Gasteiger partial charge in [0.15, 0.2) is 20.8 Å². The van der Waals surface area contributed by atoms with E-state index in [-0.39, 0.29) is 4.90 Å². The Labute approximate surface area is 165 Å². The number of pyridine rings is 1. The molecule has 0 spiro atoms. The lowest BCUT2D eigenvalue weighted by atomic mass is 10.1. The highest BCUT2D eigenvalue weighted by molar-refractivity contribution is 7.90. The highest BCUT2D eigenvalue weighted by Crippen LogP contribution is 2.32. The molecule has 3 aromatic heterocycles. The predicted octanol–water partition coefficient (Wildman–Crippen LogP) is 2.75. The van der Waals surface area contributed by atoms with E-state index in [1.807, 2.05) is 0 Å². The molecule has 0 bridgehead atoms. The fourth-order valence-electron chi connectivity index (χ4n) is 2.92. The number of fused-ring (bicyclic) bond motifs is 3. The van der Waals surface area contributed by atoms with Gasteiger partial charge in [-0.25, -0.2) is 18.1 Å². The van der Waals surface area contributed by atoms with Crippen LogP contribution in [0.25, 0.3) is 21.8 Å². The maximum atomic E-state index is 11.9. The van der Waals surface area contributed by atoms with E-state index in [2.05, 4.69) is 25.6 Å². The number of H-pyrrole nitrogens is 1. The van der Waals surface area contributed by atoms with Gasteiger partial charge in [0.1, 0.15) is 5.52 Å². The van der Waals surface area contributed by atoms with E-state index >= 15 is 0 Å². The molecule has 0 saturated carbocycles. The summed E-state index contributed by atoms with van der Waals surface area (Å²) in [5, 5.41) is 16.4. The van der Waals surface area contributed by atoms with Gasteiger partial charge < -0.3 is 10.1 Å². The van der Waals surface area contributed by atoms with Gasteiger partial charge in [-0.3, -0.25) is 5.10 Å². The van der Waals surface area contributed by atoms with Crippen LogP contribution in [-0.2, 0) is 21.1 Å². The molecule has 28 heavy (non-hydrogen) atoms. The molecule has 9 nitrogen and oxygen atoms in total. The average Bonchev–Trinajstić information content (AvgIpc) is 3.27. The number of halogens is 1. The van der Waals surface area contributed by atoms with Crippen LogP contribution in [0.15, 0.2) is 35.5 Å². The molecule has 4 rings (SSSR count). The average molecular weight is 421 g/mol. The molecule has 146 valence electrons. The van der Waals surface area contributed by atoms with Crippen LogP contribution in [0.4, 0.5) is 11.5 Å². The lowest BCUT2D eigenvalue weighted by Gasteiger charge is -2.09. The summed E-state index contributed by atoms with van der Waals surface area (Å²) in [7, 11) is -1.74. The minimum Gasteiger partial charge on any atom is -0.383 e. The molecule has 0 radical (unpaired) electrons. The Morgan fingerprint density at radius 2 is 2.11 bits per heavy atom. The van der Waals surface area contributed by atoms with Crippen molar-refractivity contribution in [3.63, 3.8) is 0 Å². The molecule has 0 aliphatic carbocycles. The molecule has 0 saturated heterocycles. The molecule has 0 aliphatic heterocycles. The molecule has 0 aliphatic rings. The molecule has 0 unspecified atom stereocenters. The number of ether oxygens (including phenoxy) is 1. The van der Waals surface area contributed by atoms with Crippen molar-refractivity contribution in [3.8, 4) is 0 Å². The van der Waals surface area contributed by atoms with Crippen molar-refractivity contribution in [2.45, 2.75) is 11.4 Å². The first-order valence-corrected chi connectivity index (χ1v) is 10.6. The lowest BCUT2D eigenvalue weighted by molar-refractivity contribution is 0.183. The fraction of sp³-hybridized carbons (Fsp3) is 0.235. The number of sulfone groups is 1. The smallest absolute Gasteiger partial charge is 0.175 e. The summed E-state index contributed by atoms with van der Waals surface area (Å²) in [4.78, 5) is 4.79. The second-order valence-corrected chi connectivity index (χ2v) is 8.63. The van der Waals surface area contributed by atoms with Gasteiger partial charge >= 0.3 is 0 Å². The molecular formula is C17H17ClN6O3S. The number of anilines is 2. The van der Waals surface area contributed by atoms with E-state index in [0.29, 0.717) is 40.8 Å². The van der Waals surface area contributed by atoms with Gasteiger partial charge in [-0.05, 0) is 12.1 Å². The number of benzene rings is 1. The standard InChI is InChI=1S/C17H17ClN6O3S/c1-27-6-5-24-16(18)14(9-20-24)22-17-15-12(8-19-23-15)11-4-3-10(28(2,25)26)7-13(11)21-17/h3-4,7-9H,5-6H2,1-2H3,(H,19,23)(H,21,22). The molecule has 0 atom stereocenters. The third-order valence-corrected chi connectivity index (χ3v) is 5.84. The minimum atomic E-state index is -3.35. The Kier molecular flexibility index (Phi) is 4.69. The van der Waals surface area contributed by atoms with Gasteiger partial charge in [0.2, 0.25) is 0 Å². The summed E-state index contributed by atoms with van der Waals surface area (Å²) < 4.78 is 30.5. The van der Waals surface area contributed by atoms with E-state index in [1.54, 1.807) is 42.4 Å². The van der Waals surface area contributed by atoms with Crippen LogP contribution in [0.3, 0.4) is 0 Å². The Balaban J connectivity index is 1.82. The van der Waals surface area contributed by atoms with Gasteiger partial charge in [-0.1, -0.05) is 17.7 Å². The molecule has 1 aromatic carbocycles. The van der Waals surface area contributed by atoms with Crippen molar-refractivity contribution in [2.75, 3.05) is 25.3 Å². The third kappa shape index (κ3) is 3.30. The number of methoxy groups -OCH3 is 1. The topological polar surface area (TPSA) is 115 Å². The van der Waals surface area contributed by atoms with Crippen molar-refractivity contribution < 1.29 is 13.2 Å². The van der Waals surface area contributed by atoms with Crippen LogP contribution in [-0.4, -0.2) is 53.4 Å². The zero-order valence-electron chi connectivity index (χ0n) is 15.1. The maximum Gasteiger partial charge on any atom is 0.175 e. The third-order valence-electron chi connectivity index (χ3n) is 4.33. The first-order chi connectivity index (χ1) is 13.4. The summed E-state index contributed by atoms with van der Waals surface area (Å²) >= 11 is 6.39. The van der Waals surface area contributed by atoms with E-state index in [9.17, 15) is 8.42 Å². The number of nitrogens with zero attached hydrogens (tertiary/aromatic N) is 4.